The van der Waals surface area contributed by atoms with Crippen molar-refractivity contribution < 1.29 is 28.8 Å². The molecule has 0 unspecified atom stereocenters. The number of benzene rings is 12. The van der Waals surface area contributed by atoms with Crippen molar-refractivity contribution in [3.05, 3.63) is 419 Å². The Hall–Kier alpha value is -11.9. The van der Waals surface area contributed by atoms with Crippen LogP contribution >= 0.6 is 11.8 Å². The van der Waals surface area contributed by atoms with Crippen LogP contribution < -0.4 is 0 Å². The Balaban J connectivity index is 0.000000185. The molecule has 12 aromatic carbocycles. The predicted octanol–water partition coefficient (Wildman–Crippen LogP) is 21.7. The summed E-state index contributed by atoms with van der Waals surface area (Å²) in [6, 6.07) is 96.2. The van der Waals surface area contributed by atoms with Crippen LogP contribution in [0, 0.1) is 87.0 Å². The number of terminal acetylenes is 2. The molecule has 0 bridgehead atoms. The number of hydrogen-bond donors (Lipinski definition) is 0. The minimum Gasteiger partial charge on any atom is -0.299 e. The standard InChI is InChI=1S/2C18H16O.C17H18OS.3C17H18O/c1-3-15-8-6-9-16(11-15)12-18(19)13-17-10-5-4-7-14(17)2;1-3-15-8-10-16(11-9-15)12-18(19)13-17-7-5-4-6-14(17)2;1-13-6-3-4-8-15(13)12-16(18)10-14-7-5-9-17(11-14)19-2;1-13-6-5-8-15(10-13)11-17(18)12-16-9-4-3-7-14(16)2;2*1-13-7-9-15(10-8-13)11-17(18)12-16-6-4-3-5-14(16)2/h2*1,4-11H,12-13H2,2H3;3-9,11H,10,12H2,1-2H3;3*3-10H,11-12H2,1-2H3. The van der Waals surface area contributed by atoms with Gasteiger partial charge in [-0.1, -0.05) is 283 Å². The Morgan fingerprint density at radius 2 is 0.486 bits per heavy atom. The van der Waals surface area contributed by atoms with Gasteiger partial charge < -0.3 is 0 Å². The molecule has 0 aromatic heterocycles. The predicted molar refractivity (Wildman–Crippen MR) is 462 cm³/mol. The van der Waals surface area contributed by atoms with Crippen molar-refractivity contribution in [3.63, 3.8) is 0 Å². The molecule has 12 aromatic rings. The van der Waals surface area contributed by atoms with Gasteiger partial charge in [-0.3, -0.25) is 28.8 Å². The molecule has 0 N–H and O–H groups in total. The molecule has 111 heavy (non-hydrogen) atoms. The van der Waals surface area contributed by atoms with Gasteiger partial charge in [0, 0.05) is 93.1 Å². The summed E-state index contributed by atoms with van der Waals surface area (Å²) in [5, 5.41) is 0. The molecule has 6 nitrogen and oxygen atoms in total. The van der Waals surface area contributed by atoms with E-state index in [4.69, 9.17) is 12.8 Å². The van der Waals surface area contributed by atoms with Crippen molar-refractivity contribution in [2.24, 2.45) is 0 Å². The summed E-state index contributed by atoms with van der Waals surface area (Å²) in [7, 11) is 0. The highest BCUT2D eigenvalue weighted by molar-refractivity contribution is 7.98. The first kappa shape index (κ1) is 86.4. The van der Waals surface area contributed by atoms with Gasteiger partial charge in [0.25, 0.3) is 0 Å². The lowest BCUT2D eigenvalue weighted by atomic mass is 9.99. The van der Waals surface area contributed by atoms with Crippen LogP contribution in [0.25, 0.3) is 0 Å². The summed E-state index contributed by atoms with van der Waals surface area (Å²) in [6.07, 6.45) is 18.8. The van der Waals surface area contributed by atoms with E-state index in [9.17, 15) is 28.8 Å². The zero-order valence-corrected chi connectivity index (χ0v) is 67.0. The first-order chi connectivity index (χ1) is 53.5. The van der Waals surface area contributed by atoms with Gasteiger partial charge in [-0.05, 0) is 205 Å². The second-order valence-corrected chi connectivity index (χ2v) is 29.3. The van der Waals surface area contributed by atoms with E-state index in [0.717, 1.165) is 83.5 Å². The number of ketones is 6. The topological polar surface area (TPSA) is 102 Å². The number of rotatable bonds is 25. The Bertz CT molecular complexity index is 5020. The van der Waals surface area contributed by atoms with Gasteiger partial charge >= 0.3 is 0 Å². The highest BCUT2D eigenvalue weighted by Gasteiger charge is 2.14. The molecular formula is C104H104O6S. The fourth-order valence-corrected chi connectivity index (χ4v) is 12.9. The van der Waals surface area contributed by atoms with Crippen molar-refractivity contribution in [1.29, 1.82) is 0 Å². The molecule has 0 amide bonds. The Morgan fingerprint density at radius 3 is 0.766 bits per heavy atom. The quantitative estimate of drug-likeness (QED) is 0.0415. The SMILES string of the molecule is C#Cc1ccc(CC(=O)Cc2ccccc2C)cc1.C#Cc1cccc(CC(=O)Cc2ccccc2C)c1.CSc1cccc(CC(=O)Cc2ccccc2C)c1.Cc1ccc(CC(=O)Cc2ccccc2C)cc1.Cc1ccc(CC(=O)Cc2ccccc2C)cc1.Cc1cccc(CC(=O)Cc2ccccc2C)c1. The normalized spacial score (nSPS) is 10.2. The maximum absolute atomic E-state index is 12.1. The van der Waals surface area contributed by atoms with E-state index in [2.05, 4.69) is 133 Å². The number of thioether (sulfide) groups is 1. The van der Waals surface area contributed by atoms with Crippen LogP contribution in [-0.4, -0.2) is 41.0 Å². The summed E-state index contributed by atoms with van der Waals surface area (Å²) in [5.74, 6) is 6.68. The molecule has 0 atom stereocenters. The molecule has 0 aliphatic rings. The van der Waals surface area contributed by atoms with E-state index in [1.807, 2.05) is 238 Å². The van der Waals surface area contributed by atoms with Gasteiger partial charge in [0.2, 0.25) is 0 Å². The van der Waals surface area contributed by atoms with Crippen LogP contribution in [-0.2, 0) is 106 Å². The number of Topliss-reactive ketones (excluding diaryl/α,β-unsaturated/α-hetero) is 6. The third-order valence-electron chi connectivity index (χ3n) is 19.0. The van der Waals surface area contributed by atoms with Crippen LogP contribution in [0.2, 0.25) is 0 Å². The summed E-state index contributed by atoms with van der Waals surface area (Å²) in [6.45, 7) is 18.4. The largest absolute Gasteiger partial charge is 0.299 e. The lowest BCUT2D eigenvalue weighted by Crippen LogP contribution is -2.07. The van der Waals surface area contributed by atoms with E-state index in [1.54, 1.807) is 11.8 Å². The van der Waals surface area contributed by atoms with E-state index < -0.39 is 0 Å². The number of carbonyl (C=O) groups is 6. The first-order valence-electron chi connectivity index (χ1n) is 37.8. The molecule has 562 valence electrons. The average Bonchev–Trinajstić information content (AvgIpc) is 0.898. The summed E-state index contributed by atoms with van der Waals surface area (Å²) >= 11 is 1.71. The van der Waals surface area contributed by atoms with Gasteiger partial charge in [0.15, 0.2) is 0 Å². The Labute approximate surface area is 665 Å². The van der Waals surface area contributed by atoms with Gasteiger partial charge in [-0.15, -0.1) is 24.6 Å². The summed E-state index contributed by atoms with van der Waals surface area (Å²) in [4.78, 5) is 73.6. The van der Waals surface area contributed by atoms with Gasteiger partial charge in [-0.25, -0.2) is 0 Å². The zero-order chi connectivity index (χ0) is 79.9. The van der Waals surface area contributed by atoms with Crippen molar-refractivity contribution in [1.82, 2.24) is 0 Å². The van der Waals surface area contributed by atoms with E-state index >= 15 is 0 Å². The van der Waals surface area contributed by atoms with Gasteiger partial charge in [0.05, 0.1) is 0 Å². The minimum atomic E-state index is 0.212. The molecule has 7 heteroatoms. The third kappa shape index (κ3) is 32.1. The van der Waals surface area contributed by atoms with Crippen LogP contribution in [0.3, 0.4) is 0 Å². The molecule has 0 radical (unpaired) electrons. The first-order valence-corrected chi connectivity index (χ1v) is 39.0. The summed E-state index contributed by atoms with van der Waals surface area (Å²) < 4.78 is 0. The second-order valence-electron chi connectivity index (χ2n) is 28.4. The number of aryl methyl sites for hydroxylation is 9. The highest BCUT2D eigenvalue weighted by atomic mass is 32.2. The fourth-order valence-electron chi connectivity index (χ4n) is 12.4. The van der Waals surface area contributed by atoms with E-state index in [0.29, 0.717) is 77.0 Å². The molecule has 0 saturated carbocycles. The number of carbonyl (C=O) groups excluding carboxylic acids is 6. The smallest absolute Gasteiger partial charge is 0.141 e. The molecule has 0 heterocycles. The van der Waals surface area contributed by atoms with Crippen molar-refractivity contribution in [2.45, 2.75) is 144 Å². The monoisotopic (exact) mass is 1480 g/mol. The average molecular weight is 1480 g/mol. The van der Waals surface area contributed by atoms with Crippen LogP contribution in [0.4, 0.5) is 0 Å². The van der Waals surface area contributed by atoms with Gasteiger partial charge in [-0.2, -0.15) is 0 Å². The van der Waals surface area contributed by atoms with Crippen LogP contribution in [0.1, 0.15) is 128 Å². The van der Waals surface area contributed by atoms with Gasteiger partial charge in [0.1, 0.15) is 34.7 Å². The number of hydrogen-bond acceptors (Lipinski definition) is 7. The van der Waals surface area contributed by atoms with Crippen LogP contribution in [0.15, 0.2) is 296 Å². The molecule has 12 rings (SSSR count). The molecule has 0 aliphatic heterocycles. The molecular weight excluding hydrogens is 1380 g/mol. The molecule has 0 fully saturated rings. The molecule has 0 saturated heterocycles. The summed E-state index contributed by atoms with van der Waals surface area (Å²) in [5.41, 5.74) is 25.5. The maximum Gasteiger partial charge on any atom is 0.141 e. The lowest BCUT2D eigenvalue weighted by Gasteiger charge is -2.06. The Kier molecular flexibility index (Phi) is 36.2. The van der Waals surface area contributed by atoms with Crippen molar-refractivity contribution in [2.75, 3.05) is 6.26 Å². The zero-order valence-electron chi connectivity index (χ0n) is 66.2. The molecule has 0 aliphatic carbocycles. The third-order valence-corrected chi connectivity index (χ3v) is 19.7. The van der Waals surface area contributed by atoms with Crippen molar-refractivity contribution >= 4 is 46.5 Å². The van der Waals surface area contributed by atoms with Crippen LogP contribution in [0.5, 0.6) is 0 Å². The lowest BCUT2D eigenvalue weighted by molar-refractivity contribution is -0.118. The second kappa shape index (κ2) is 46.5. The fraction of sp³-hybridized carbons (Fsp3) is 0.212. The van der Waals surface area contributed by atoms with E-state index in [-0.39, 0.29) is 34.7 Å². The van der Waals surface area contributed by atoms with Crippen molar-refractivity contribution in [3.8, 4) is 24.7 Å². The Morgan fingerprint density at radius 1 is 0.234 bits per heavy atom. The minimum absolute atomic E-state index is 0.212. The van der Waals surface area contributed by atoms with E-state index in [1.165, 1.54) is 49.4 Å². The molecule has 0 spiro atoms. The highest BCUT2D eigenvalue weighted by Crippen LogP contribution is 2.20. The maximum atomic E-state index is 12.1.